The molecule has 29 heavy (non-hydrogen) atoms. The fraction of sp³-hybridized carbons (Fsp3) is 0.538. The average Bonchev–Trinajstić information content (AvgIpc) is 2.77. The smallest absolute Gasteiger partial charge is 0.119 e. The van der Waals surface area contributed by atoms with E-state index in [1.54, 1.807) is 0 Å². The van der Waals surface area contributed by atoms with Crippen molar-refractivity contribution in [2.75, 3.05) is 19.8 Å². The molecule has 3 heteroatoms. The van der Waals surface area contributed by atoms with Gasteiger partial charge in [-0.15, -0.1) is 0 Å². The second-order valence-corrected chi connectivity index (χ2v) is 7.65. The number of unbranched alkanes of at least 4 members (excludes halogenated alkanes) is 9. The van der Waals surface area contributed by atoms with Crippen molar-refractivity contribution in [2.24, 2.45) is 0 Å². The van der Waals surface area contributed by atoms with Crippen LogP contribution in [0.1, 0.15) is 71.1 Å². The fourth-order valence-corrected chi connectivity index (χ4v) is 3.43. The van der Waals surface area contributed by atoms with Gasteiger partial charge in [-0.2, -0.15) is 0 Å². The summed E-state index contributed by atoms with van der Waals surface area (Å²) < 4.78 is 11.3. The first kappa shape index (κ1) is 23.3. The van der Waals surface area contributed by atoms with Gasteiger partial charge < -0.3 is 14.6 Å². The number of ether oxygens (including phenoxy) is 2. The maximum atomic E-state index is 8.81. The van der Waals surface area contributed by atoms with Crippen LogP contribution in [0.3, 0.4) is 0 Å². The maximum Gasteiger partial charge on any atom is 0.119 e. The van der Waals surface area contributed by atoms with Crippen molar-refractivity contribution in [3.05, 3.63) is 48.5 Å². The van der Waals surface area contributed by atoms with E-state index in [1.165, 1.54) is 57.8 Å². The molecule has 1 N–H and O–H groups in total. The van der Waals surface area contributed by atoms with E-state index in [1.807, 2.05) is 36.4 Å². The van der Waals surface area contributed by atoms with Crippen LogP contribution in [0.4, 0.5) is 0 Å². The van der Waals surface area contributed by atoms with Crippen molar-refractivity contribution < 1.29 is 14.6 Å². The van der Waals surface area contributed by atoms with E-state index in [0.29, 0.717) is 6.61 Å². The minimum atomic E-state index is 0.0301. The normalized spacial score (nSPS) is 10.8. The highest BCUT2D eigenvalue weighted by Crippen LogP contribution is 2.24. The minimum Gasteiger partial charge on any atom is -0.494 e. The van der Waals surface area contributed by atoms with Crippen LogP contribution >= 0.6 is 0 Å². The predicted octanol–water partition coefficient (Wildman–Crippen LogP) is 7.02. The Morgan fingerprint density at radius 1 is 0.552 bits per heavy atom. The van der Waals surface area contributed by atoms with E-state index in [2.05, 4.69) is 19.1 Å². The average molecular weight is 399 g/mol. The van der Waals surface area contributed by atoms with Crippen molar-refractivity contribution in [3.63, 3.8) is 0 Å². The molecule has 0 aliphatic rings. The van der Waals surface area contributed by atoms with E-state index in [0.717, 1.165) is 35.7 Å². The molecule has 0 radical (unpaired) electrons. The number of hydrogen-bond acceptors (Lipinski definition) is 3. The van der Waals surface area contributed by atoms with Crippen LogP contribution in [0.15, 0.2) is 48.5 Å². The summed E-state index contributed by atoms with van der Waals surface area (Å²) in [4.78, 5) is 0. The van der Waals surface area contributed by atoms with E-state index in [4.69, 9.17) is 14.6 Å². The summed E-state index contributed by atoms with van der Waals surface area (Å²) in [5.74, 6) is 1.71. The van der Waals surface area contributed by atoms with E-state index in [9.17, 15) is 0 Å². The Balaban J connectivity index is 1.58. The van der Waals surface area contributed by atoms with Crippen LogP contribution in [0.2, 0.25) is 0 Å². The number of benzene rings is 2. The molecule has 160 valence electrons. The molecule has 0 atom stereocenters. The molecule has 0 aromatic heterocycles. The molecule has 0 amide bonds. The summed E-state index contributed by atoms with van der Waals surface area (Å²) in [6.45, 7) is 3.42. The Morgan fingerprint density at radius 3 is 1.41 bits per heavy atom. The van der Waals surface area contributed by atoms with Gasteiger partial charge in [-0.3, -0.25) is 0 Å². The molecule has 2 aromatic carbocycles. The largest absolute Gasteiger partial charge is 0.494 e. The molecule has 0 bridgehead atoms. The lowest BCUT2D eigenvalue weighted by Crippen LogP contribution is -2.01. The Kier molecular flexibility index (Phi) is 12.0. The lowest BCUT2D eigenvalue weighted by atomic mass is 10.1. The van der Waals surface area contributed by atoms with Gasteiger partial charge in [-0.25, -0.2) is 0 Å². The zero-order chi connectivity index (χ0) is 20.6. The van der Waals surface area contributed by atoms with Crippen LogP contribution in [0.25, 0.3) is 11.1 Å². The molecule has 0 fully saturated rings. The minimum absolute atomic E-state index is 0.0301. The van der Waals surface area contributed by atoms with Gasteiger partial charge in [0, 0.05) is 0 Å². The summed E-state index contributed by atoms with van der Waals surface area (Å²) in [5.41, 5.74) is 2.30. The first-order chi connectivity index (χ1) is 14.3. The van der Waals surface area contributed by atoms with Crippen LogP contribution in [0, 0.1) is 0 Å². The molecule has 0 saturated carbocycles. The molecule has 3 nitrogen and oxygen atoms in total. The van der Waals surface area contributed by atoms with Gasteiger partial charge in [0.25, 0.3) is 0 Å². The van der Waals surface area contributed by atoms with E-state index >= 15 is 0 Å². The summed E-state index contributed by atoms with van der Waals surface area (Å²) >= 11 is 0. The van der Waals surface area contributed by atoms with Crippen molar-refractivity contribution in [1.29, 1.82) is 0 Å². The Labute approximate surface area is 177 Å². The van der Waals surface area contributed by atoms with Crippen LogP contribution in [-0.4, -0.2) is 24.9 Å². The van der Waals surface area contributed by atoms with Crippen LogP contribution in [-0.2, 0) is 0 Å². The molecular formula is C26H38O3. The second-order valence-electron chi connectivity index (χ2n) is 7.65. The summed E-state index contributed by atoms with van der Waals surface area (Å²) in [5, 5.41) is 8.81. The molecule has 2 aromatic rings. The number of aliphatic hydroxyl groups excluding tert-OH is 1. The predicted molar refractivity (Wildman–Crippen MR) is 122 cm³/mol. The van der Waals surface area contributed by atoms with E-state index in [-0.39, 0.29) is 6.61 Å². The second kappa shape index (κ2) is 14.9. The summed E-state index contributed by atoms with van der Waals surface area (Å²) in [7, 11) is 0. The molecule has 0 aliphatic heterocycles. The summed E-state index contributed by atoms with van der Waals surface area (Å²) in [6.07, 6.45) is 13.4. The topological polar surface area (TPSA) is 38.7 Å². The van der Waals surface area contributed by atoms with Crippen molar-refractivity contribution >= 4 is 0 Å². The SMILES string of the molecule is CCCCCCCCCCCCOc1ccc(-c2ccc(OCCO)cc2)cc1. The molecule has 0 unspecified atom stereocenters. The zero-order valence-corrected chi connectivity index (χ0v) is 18.1. The number of hydrogen-bond donors (Lipinski definition) is 1. The van der Waals surface area contributed by atoms with Crippen molar-refractivity contribution in [2.45, 2.75) is 71.1 Å². The third-order valence-electron chi connectivity index (χ3n) is 5.17. The standard InChI is InChI=1S/C26H38O3/c1-2-3-4-5-6-7-8-9-10-11-21-28-25-16-12-23(13-17-25)24-14-18-26(19-15-24)29-22-20-27/h12-19,27H,2-11,20-22H2,1H3. The molecule has 0 saturated heterocycles. The molecule has 0 heterocycles. The third-order valence-corrected chi connectivity index (χ3v) is 5.17. The number of rotatable bonds is 16. The highest BCUT2D eigenvalue weighted by molar-refractivity contribution is 5.64. The van der Waals surface area contributed by atoms with Crippen LogP contribution < -0.4 is 9.47 Å². The first-order valence-corrected chi connectivity index (χ1v) is 11.4. The van der Waals surface area contributed by atoms with Gasteiger partial charge in [-0.05, 0) is 41.8 Å². The monoisotopic (exact) mass is 398 g/mol. The lowest BCUT2D eigenvalue weighted by molar-refractivity contribution is 0.201. The van der Waals surface area contributed by atoms with Gasteiger partial charge >= 0.3 is 0 Å². The quantitative estimate of drug-likeness (QED) is 0.309. The third kappa shape index (κ3) is 9.85. The molecule has 2 rings (SSSR count). The van der Waals surface area contributed by atoms with Gasteiger partial charge in [0.2, 0.25) is 0 Å². The highest BCUT2D eigenvalue weighted by atomic mass is 16.5. The van der Waals surface area contributed by atoms with Gasteiger partial charge in [-0.1, -0.05) is 89.0 Å². The zero-order valence-electron chi connectivity index (χ0n) is 18.1. The van der Waals surface area contributed by atoms with Crippen molar-refractivity contribution in [1.82, 2.24) is 0 Å². The van der Waals surface area contributed by atoms with Crippen molar-refractivity contribution in [3.8, 4) is 22.6 Å². The Morgan fingerprint density at radius 2 is 0.966 bits per heavy atom. The Hall–Kier alpha value is -2.00. The molecule has 0 spiro atoms. The first-order valence-electron chi connectivity index (χ1n) is 11.4. The fourth-order valence-electron chi connectivity index (χ4n) is 3.43. The van der Waals surface area contributed by atoms with E-state index < -0.39 is 0 Å². The molecular weight excluding hydrogens is 360 g/mol. The van der Waals surface area contributed by atoms with Gasteiger partial charge in [0.05, 0.1) is 13.2 Å². The molecule has 0 aliphatic carbocycles. The highest BCUT2D eigenvalue weighted by Gasteiger charge is 2.01. The number of aliphatic hydroxyl groups is 1. The van der Waals surface area contributed by atoms with Gasteiger partial charge in [0.15, 0.2) is 0 Å². The lowest BCUT2D eigenvalue weighted by Gasteiger charge is -2.09. The van der Waals surface area contributed by atoms with Gasteiger partial charge in [0.1, 0.15) is 18.1 Å². The Bertz CT molecular complexity index is 634. The maximum absolute atomic E-state index is 8.81. The summed E-state index contributed by atoms with van der Waals surface area (Å²) in [6, 6.07) is 16.2. The van der Waals surface area contributed by atoms with Crippen LogP contribution in [0.5, 0.6) is 11.5 Å².